The molecule has 2 unspecified atom stereocenters. The van der Waals surface area contributed by atoms with Gasteiger partial charge in [0.1, 0.15) is 17.9 Å². The molecular formula is C11H13N3O5. The van der Waals surface area contributed by atoms with E-state index in [0.717, 1.165) is 6.20 Å². The van der Waals surface area contributed by atoms with E-state index in [0.29, 0.717) is 12.4 Å². The van der Waals surface area contributed by atoms with E-state index in [-0.39, 0.29) is 18.3 Å². The van der Waals surface area contributed by atoms with Crippen molar-refractivity contribution in [1.82, 2.24) is 4.98 Å². The SMILES string of the molecule is CN(c1ccc([N+](=O)[O-])cn1)C1COCC1C(=O)O. The lowest BCUT2D eigenvalue weighted by Gasteiger charge is -2.27. The van der Waals surface area contributed by atoms with Gasteiger partial charge in [-0.05, 0) is 6.07 Å². The van der Waals surface area contributed by atoms with Crippen molar-refractivity contribution in [3.8, 4) is 0 Å². The molecule has 1 N–H and O–H groups in total. The molecule has 1 aromatic heterocycles. The van der Waals surface area contributed by atoms with Crippen LogP contribution in [0, 0.1) is 16.0 Å². The molecule has 19 heavy (non-hydrogen) atoms. The van der Waals surface area contributed by atoms with Crippen molar-refractivity contribution < 1.29 is 19.6 Å². The van der Waals surface area contributed by atoms with E-state index < -0.39 is 16.8 Å². The highest BCUT2D eigenvalue weighted by Gasteiger charge is 2.37. The van der Waals surface area contributed by atoms with Gasteiger partial charge in [-0.25, -0.2) is 4.98 Å². The number of ether oxygens (including phenoxy) is 1. The molecule has 0 amide bonds. The fourth-order valence-corrected chi connectivity index (χ4v) is 2.03. The number of carboxylic acids is 1. The van der Waals surface area contributed by atoms with Gasteiger partial charge in [-0.3, -0.25) is 14.9 Å². The van der Waals surface area contributed by atoms with Crippen LogP contribution in [0.25, 0.3) is 0 Å². The second-order valence-electron chi connectivity index (χ2n) is 4.29. The van der Waals surface area contributed by atoms with Crippen LogP contribution in [0.3, 0.4) is 0 Å². The summed E-state index contributed by atoms with van der Waals surface area (Å²) < 4.78 is 5.18. The van der Waals surface area contributed by atoms with E-state index in [2.05, 4.69) is 4.98 Å². The van der Waals surface area contributed by atoms with E-state index in [1.807, 2.05) is 0 Å². The number of rotatable bonds is 4. The summed E-state index contributed by atoms with van der Waals surface area (Å²) >= 11 is 0. The van der Waals surface area contributed by atoms with E-state index >= 15 is 0 Å². The Morgan fingerprint density at radius 2 is 2.32 bits per heavy atom. The van der Waals surface area contributed by atoms with Crippen molar-refractivity contribution >= 4 is 17.5 Å². The maximum atomic E-state index is 11.1. The van der Waals surface area contributed by atoms with Gasteiger partial charge in [-0.1, -0.05) is 0 Å². The van der Waals surface area contributed by atoms with Crippen LogP contribution in [0.15, 0.2) is 18.3 Å². The van der Waals surface area contributed by atoms with Crippen LogP contribution in [0.1, 0.15) is 0 Å². The molecule has 0 aliphatic carbocycles. The average Bonchev–Trinajstić information content (AvgIpc) is 2.87. The minimum atomic E-state index is -0.920. The first kappa shape index (κ1) is 13.2. The fourth-order valence-electron chi connectivity index (χ4n) is 2.03. The monoisotopic (exact) mass is 267 g/mol. The summed E-state index contributed by atoms with van der Waals surface area (Å²) in [7, 11) is 1.70. The predicted molar refractivity (Wildman–Crippen MR) is 65.0 cm³/mol. The fraction of sp³-hybridized carbons (Fsp3) is 0.455. The summed E-state index contributed by atoms with van der Waals surface area (Å²) in [5, 5.41) is 19.6. The van der Waals surface area contributed by atoms with E-state index in [1.54, 1.807) is 11.9 Å². The van der Waals surface area contributed by atoms with E-state index in [4.69, 9.17) is 9.84 Å². The molecule has 0 bridgehead atoms. The molecule has 1 aliphatic rings. The second-order valence-corrected chi connectivity index (χ2v) is 4.29. The lowest BCUT2D eigenvalue weighted by molar-refractivity contribution is -0.385. The number of carboxylic acid groups (broad SMARTS) is 1. The second kappa shape index (κ2) is 5.19. The molecule has 1 saturated heterocycles. The summed E-state index contributed by atoms with van der Waals surface area (Å²) in [6, 6.07) is 2.51. The third-order valence-corrected chi connectivity index (χ3v) is 3.17. The number of aliphatic carboxylic acids is 1. The molecular weight excluding hydrogens is 254 g/mol. The Balaban J connectivity index is 2.17. The number of hydrogen-bond acceptors (Lipinski definition) is 6. The topological polar surface area (TPSA) is 106 Å². The highest BCUT2D eigenvalue weighted by Crippen LogP contribution is 2.24. The molecule has 2 rings (SSSR count). The number of pyridine rings is 1. The van der Waals surface area contributed by atoms with Crippen LogP contribution in [-0.2, 0) is 9.53 Å². The quantitative estimate of drug-likeness (QED) is 0.626. The van der Waals surface area contributed by atoms with Gasteiger partial charge in [0.15, 0.2) is 0 Å². The zero-order chi connectivity index (χ0) is 14.0. The van der Waals surface area contributed by atoms with Gasteiger partial charge in [0.05, 0.1) is 24.2 Å². The van der Waals surface area contributed by atoms with Crippen molar-refractivity contribution in [3.63, 3.8) is 0 Å². The number of nitro groups is 1. The smallest absolute Gasteiger partial charge is 0.311 e. The highest BCUT2D eigenvalue weighted by molar-refractivity contribution is 5.72. The molecule has 1 aliphatic heterocycles. The van der Waals surface area contributed by atoms with Gasteiger partial charge in [-0.2, -0.15) is 0 Å². The Morgan fingerprint density at radius 3 is 2.84 bits per heavy atom. The minimum Gasteiger partial charge on any atom is -0.481 e. The normalized spacial score (nSPS) is 22.2. The molecule has 1 aromatic rings. The summed E-state index contributed by atoms with van der Waals surface area (Å²) in [6.07, 6.45) is 1.15. The molecule has 1 fully saturated rings. The van der Waals surface area contributed by atoms with Gasteiger partial charge in [0.2, 0.25) is 0 Å². The Kier molecular flexibility index (Phi) is 3.61. The molecule has 0 spiro atoms. The Bertz CT molecular complexity index is 490. The van der Waals surface area contributed by atoms with Gasteiger partial charge >= 0.3 is 5.97 Å². The van der Waals surface area contributed by atoms with Crippen molar-refractivity contribution in [1.29, 1.82) is 0 Å². The third-order valence-electron chi connectivity index (χ3n) is 3.17. The van der Waals surface area contributed by atoms with Crippen molar-refractivity contribution in [2.75, 3.05) is 25.2 Å². The molecule has 8 nitrogen and oxygen atoms in total. The molecule has 0 radical (unpaired) electrons. The first-order valence-electron chi connectivity index (χ1n) is 5.64. The average molecular weight is 267 g/mol. The number of carbonyl (C=O) groups is 1. The van der Waals surface area contributed by atoms with Gasteiger partial charge in [0.25, 0.3) is 5.69 Å². The number of hydrogen-bond donors (Lipinski definition) is 1. The minimum absolute atomic E-state index is 0.102. The molecule has 0 saturated carbocycles. The first-order valence-corrected chi connectivity index (χ1v) is 5.64. The molecule has 2 atom stereocenters. The van der Waals surface area contributed by atoms with Gasteiger partial charge < -0.3 is 14.7 Å². The summed E-state index contributed by atoms with van der Waals surface area (Å²) in [4.78, 5) is 26.7. The lowest BCUT2D eigenvalue weighted by atomic mass is 10.0. The standard InChI is InChI=1S/C11H13N3O5/c1-13(9-6-19-5-8(9)11(15)16)10-3-2-7(4-12-10)14(17)18/h2-4,8-9H,5-6H2,1H3,(H,15,16). The van der Waals surface area contributed by atoms with Crippen LogP contribution in [0.4, 0.5) is 11.5 Å². The summed E-state index contributed by atoms with van der Waals surface area (Å²) in [5.74, 6) is -1.06. The van der Waals surface area contributed by atoms with E-state index in [9.17, 15) is 14.9 Å². The van der Waals surface area contributed by atoms with Crippen LogP contribution < -0.4 is 4.90 Å². The lowest BCUT2D eigenvalue weighted by Crippen LogP contribution is -2.41. The molecule has 0 aromatic carbocycles. The van der Waals surface area contributed by atoms with Crippen LogP contribution in [0.5, 0.6) is 0 Å². The number of anilines is 1. The van der Waals surface area contributed by atoms with Crippen LogP contribution >= 0.6 is 0 Å². The number of nitrogens with zero attached hydrogens (tertiary/aromatic N) is 3. The number of likely N-dealkylation sites (N-methyl/N-ethyl adjacent to an activating group) is 1. The van der Waals surface area contributed by atoms with Gasteiger partial charge in [-0.15, -0.1) is 0 Å². The van der Waals surface area contributed by atoms with Crippen molar-refractivity contribution in [2.24, 2.45) is 5.92 Å². The summed E-state index contributed by atoms with van der Waals surface area (Å²) in [6.45, 7) is 0.462. The maximum Gasteiger partial charge on any atom is 0.311 e. The number of aromatic nitrogens is 1. The molecule has 2 heterocycles. The van der Waals surface area contributed by atoms with Crippen molar-refractivity contribution in [3.05, 3.63) is 28.4 Å². The van der Waals surface area contributed by atoms with Crippen LogP contribution in [0.2, 0.25) is 0 Å². The Hall–Kier alpha value is -2.22. The predicted octanol–water partition coefficient (Wildman–Crippen LogP) is 0.526. The first-order chi connectivity index (χ1) is 9.00. The molecule has 102 valence electrons. The van der Waals surface area contributed by atoms with Crippen LogP contribution in [-0.4, -0.2) is 47.3 Å². The Morgan fingerprint density at radius 1 is 1.58 bits per heavy atom. The zero-order valence-corrected chi connectivity index (χ0v) is 10.2. The third kappa shape index (κ3) is 2.63. The van der Waals surface area contributed by atoms with Gasteiger partial charge in [0, 0.05) is 13.1 Å². The van der Waals surface area contributed by atoms with Crippen molar-refractivity contribution in [2.45, 2.75) is 6.04 Å². The summed E-state index contributed by atoms with van der Waals surface area (Å²) in [5.41, 5.74) is -0.102. The highest BCUT2D eigenvalue weighted by atomic mass is 16.6. The zero-order valence-electron chi connectivity index (χ0n) is 10.2. The maximum absolute atomic E-state index is 11.1. The molecule has 8 heteroatoms. The van der Waals surface area contributed by atoms with E-state index in [1.165, 1.54) is 12.1 Å². The Labute approximate surface area is 108 Å². The largest absolute Gasteiger partial charge is 0.481 e.